The fraction of sp³-hybridized carbons (Fsp3) is 0.167. The molecule has 2 rings (SSSR count). The first-order chi connectivity index (χ1) is 6.86. The van der Waals surface area contributed by atoms with Gasteiger partial charge in [-0.2, -0.15) is 0 Å². The molecule has 14 heavy (non-hydrogen) atoms. The predicted octanol–water partition coefficient (Wildman–Crippen LogP) is 3.80. The smallest absolute Gasteiger partial charge is 0.121 e. The van der Waals surface area contributed by atoms with E-state index in [9.17, 15) is 0 Å². The van der Waals surface area contributed by atoms with Crippen LogP contribution in [0.25, 0.3) is 0 Å². The zero-order valence-electron chi connectivity index (χ0n) is 7.69. The van der Waals surface area contributed by atoms with Gasteiger partial charge < -0.3 is 4.42 Å². The Morgan fingerprint density at radius 1 is 1.07 bits per heavy atom. The van der Waals surface area contributed by atoms with Gasteiger partial charge in [-0.15, -0.1) is 11.6 Å². The van der Waals surface area contributed by atoms with Crippen molar-refractivity contribution in [2.24, 2.45) is 0 Å². The van der Waals surface area contributed by atoms with Gasteiger partial charge in [-0.05, 0) is 24.1 Å². The minimum Gasteiger partial charge on any atom is -0.468 e. The quantitative estimate of drug-likeness (QED) is 0.697. The number of furan rings is 1. The first kappa shape index (κ1) is 9.35. The lowest BCUT2D eigenvalue weighted by atomic mass is 10.1. The Morgan fingerprint density at radius 3 is 2.50 bits per heavy atom. The molecule has 1 heterocycles. The molecule has 1 atom stereocenters. The summed E-state index contributed by atoms with van der Waals surface area (Å²) in [5.74, 6) is 0.829. The highest BCUT2D eigenvalue weighted by molar-refractivity contribution is 6.20. The monoisotopic (exact) mass is 206 g/mol. The maximum Gasteiger partial charge on any atom is 0.121 e. The highest BCUT2D eigenvalue weighted by atomic mass is 35.5. The molecule has 2 heteroatoms. The van der Waals surface area contributed by atoms with Crippen molar-refractivity contribution in [1.29, 1.82) is 0 Å². The van der Waals surface area contributed by atoms with Gasteiger partial charge in [-0.1, -0.05) is 30.3 Å². The summed E-state index contributed by atoms with van der Waals surface area (Å²) in [6.45, 7) is 0. The van der Waals surface area contributed by atoms with E-state index >= 15 is 0 Å². The van der Waals surface area contributed by atoms with Gasteiger partial charge in [0.1, 0.15) is 5.76 Å². The third kappa shape index (κ3) is 2.18. The van der Waals surface area contributed by atoms with Crippen LogP contribution in [0.5, 0.6) is 0 Å². The SMILES string of the molecule is ClC(Cc1ccccc1)c1ccco1. The van der Waals surface area contributed by atoms with Crippen LogP contribution in [0.2, 0.25) is 0 Å². The summed E-state index contributed by atoms with van der Waals surface area (Å²) in [5, 5.41) is -0.0765. The van der Waals surface area contributed by atoms with E-state index in [0.29, 0.717) is 0 Å². The van der Waals surface area contributed by atoms with Crippen LogP contribution in [0.15, 0.2) is 53.1 Å². The second kappa shape index (κ2) is 4.34. The Labute approximate surface area is 88.3 Å². The molecule has 0 radical (unpaired) electrons. The highest BCUT2D eigenvalue weighted by Gasteiger charge is 2.10. The summed E-state index contributed by atoms with van der Waals surface area (Å²) < 4.78 is 5.24. The molecule has 1 aromatic carbocycles. The Kier molecular flexibility index (Phi) is 2.90. The van der Waals surface area contributed by atoms with Crippen molar-refractivity contribution in [3.63, 3.8) is 0 Å². The van der Waals surface area contributed by atoms with Gasteiger partial charge >= 0.3 is 0 Å². The van der Waals surface area contributed by atoms with Crippen LogP contribution in [0, 0.1) is 0 Å². The van der Waals surface area contributed by atoms with Crippen molar-refractivity contribution in [2.75, 3.05) is 0 Å². The largest absolute Gasteiger partial charge is 0.468 e. The number of hydrogen-bond donors (Lipinski definition) is 0. The summed E-state index contributed by atoms with van der Waals surface area (Å²) in [5.41, 5.74) is 1.23. The molecule has 0 bridgehead atoms. The second-order valence-electron chi connectivity index (χ2n) is 3.17. The van der Waals surface area contributed by atoms with Gasteiger partial charge in [0.05, 0.1) is 11.6 Å². The maximum atomic E-state index is 6.19. The van der Waals surface area contributed by atoms with Crippen LogP contribution in [0.4, 0.5) is 0 Å². The molecule has 72 valence electrons. The summed E-state index contributed by atoms with van der Waals surface area (Å²) in [6.07, 6.45) is 2.45. The lowest BCUT2D eigenvalue weighted by Crippen LogP contribution is -1.93. The lowest BCUT2D eigenvalue weighted by Gasteiger charge is -2.05. The van der Waals surface area contributed by atoms with E-state index < -0.39 is 0 Å². The van der Waals surface area contributed by atoms with E-state index in [4.69, 9.17) is 16.0 Å². The van der Waals surface area contributed by atoms with Crippen LogP contribution >= 0.6 is 11.6 Å². The zero-order valence-corrected chi connectivity index (χ0v) is 8.45. The van der Waals surface area contributed by atoms with Crippen molar-refractivity contribution in [3.05, 3.63) is 60.1 Å². The first-order valence-electron chi connectivity index (χ1n) is 4.57. The molecule has 0 aliphatic rings. The standard InChI is InChI=1S/C12H11ClO/c13-11(12-7-4-8-14-12)9-10-5-2-1-3-6-10/h1-8,11H,9H2. The van der Waals surface area contributed by atoms with Gasteiger partial charge in [0, 0.05) is 0 Å². The van der Waals surface area contributed by atoms with Crippen molar-refractivity contribution >= 4 is 11.6 Å². The van der Waals surface area contributed by atoms with Crippen LogP contribution in [-0.2, 0) is 6.42 Å². The molecule has 1 aromatic heterocycles. The molecule has 1 nitrogen and oxygen atoms in total. The van der Waals surface area contributed by atoms with Gasteiger partial charge in [0.25, 0.3) is 0 Å². The molecule has 0 spiro atoms. The molecule has 0 saturated carbocycles. The fourth-order valence-corrected chi connectivity index (χ4v) is 1.69. The summed E-state index contributed by atoms with van der Waals surface area (Å²) in [4.78, 5) is 0. The number of alkyl halides is 1. The van der Waals surface area contributed by atoms with Gasteiger partial charge in [-0.3, -0.25) is 0 Å². The zero-order chi connectivity index (χ0) is 9.80. The molecule has 0 fully saturated rings. The van der Waals surface area contributed by atoms with Crippen LogP contribution in [0.1, 0.15) is 16.7 Å². The van der Waals surface area contributed by atoms with Crippen molar-refractivity contribution in [2.45, 2.75) is 11.8 Å². The van der Waals surface area contributed by atoms with E-state index in [2.05, 4.69) is 12.1 Å². The minimum atomic E-state index is -0.0765. The Balaban J connectivity index is 2.06. The topological polar surface area (TPSA) is 13.1 Å². The number of rotatable bonds is 3. The average molecular weight is 207 g/mol. The Hall–Kier alpha value is -1.21. The summed E-state index contributed by atoms with van der Waals surface area (Å²) in [6, 6.07) is 13.9. The normalized spacial score (nSPS) is 12.6. The number of benzene rings is 1. The Bertz CT molecular complexity index is 366. The summed E-state index contributed by atoms with van der Waals surface area (Å²) in [7, 11) is 0. The third-order valence-corrected chi connectivity index (χ3v) is 2.48. The van der Waals surface area contributed by atoms with E-state index in [0.717, 1.165) is 12.2 Å². The number of hydrogen-bond acceptors (Lipinski definition) is 1. The Morgan fingerprint density at radius 2 is 1.86 bits per heavy atom. The molecule has 1 unspecified atom stereocenters. The average Bonchev–Trinajstić information content (AvgIpc) is 2.72. The molecule has 0 saturated heterocycles. The predicted molar refractivity (Wildman–Crippen MR) is 57.4 cm³/mol. The lowest BCUT2D eigenvalue weighted by molar-refractivity contribution is 0.502. The molecule has 0 aliphatic heterocycles. The minimum absolute atomic E-state index is 0.0765. The van der Waals surface area contributed by atoms with Crippen molar-refractivity contribution in [1.82, 2.24) is 0 Å². The van der Waals surface area contributed by atoms with Gasteiger partial charge in [0.15, 0.2) is 0 Å². The molecular weight excluding hydrogens is 196 g/mol. The highest BCUT2D eigenvalue weighted by Crippen LogP contribution is 2.24. The molecule has 0 amide bonds. The first-order valence-corrected chi connectivity index (χ1v) is 5.01. The van der Waals surface area contributed by atoms with Crippen LogP contribution < -0.4 is 0 Å². The molecule has 0 N–H and O–H groups in total. The van der Waals surface area contributed by atoms with E-state index in [1.165, 1.54) is 5.56 Å². The second-order valence-corrected chi connectivity index (χ2v) is 3.70. The van der Waals surface area contributed by atoms with Gasteiger partial charge in [-0.25, -0.2) is 0 Å². The maximum absolute atomic E-state index is 6.19. The van der Waals surface area contributed by atoms with E-state index in [-0.39, 0.29) is 5.38 Å². The molecular formula is C12H11ClO. The summed E-state index contributed by atoms with van der Waals surface area (Å²) >= 11 is 6.19. The molecule has 2 aromatic rings. The van der Waals surface area contributed by atoms with Crippen LogP contribution in [-0.4, -0.2) is 0 Å². The van der Waals surface area contributed by atoms with Crippen molar-refractivity contribution in [3.8, 4) is 0 Å². The third-order valence-electron chi connectivity index (χ3n) is 2.11. The van der Waals surface area contributed by atoms with E-state index in [1.54, 1.807) is 6.26 Å². The van der Waals surface area contributed by atoms with Gasteiger partial charge in [0.2, 0.25) is 0 Å². The number of halogens is 1. The van der Waals surface area contributed by atoms with Crippen molar-refractivity contribution < 1.29 is 4.42 Å². The molecule has 0 aliphatic carbocycles. The van der Waals surface area contributed by atoms with Crippen LogP contribution in [0.3, 0.4) is 0 Å². The fourth-order valence-electron chi connectivity index (χ4n) is 1.39. The van der Waals surface area contributed by atoms with E-state index in [1.807, 2.05) is 30.3 Å².